The second-order valence-electron chi connectivity index (χ2n) is 5.24. The standard InChI is InChI=1S/C18H17N3O4S2/c1-2-24-14-6-4-3-5-13(14)21-15(22)9-25-16(23)10-27-18-12-7-8-26-17(12)19-11-20-18/h3-8,11H,2,9-10H2,1H3,(H,21,22). The Balaban J connectivity index is 1.48. The van der Waals surface area contributed by atoms with E-state index in [-0.39, 0.29) is 12.4 Å². The summed E-state index contributed by atoms with van der Waals surface area (Å²) < 4.78 is 10.5. The summed E-state index contributed by atoms with van der Waals surface area (Å²) in [6.07, 6.45) is 1.47. The van der Waals surface area contributed by atoms with Gasteiger partial charge in [-0.15, -0.1) is 11.3 Å². The highest BCUT2D eigenvalue weighted by Crippen LogP contribution is 2.27. The summed E-state index contributed by atoms with van der Waals surface area (Å²) in [6.45, 7) is 1.98. The summed E-state index contributed by atoms with van der Waals surface area (Å²) >= 11 is 2.77. The molecule has 3 rings (SSSR count). The molecule has 2 aromatic heterocycles. The molecule has 0 bridgehead atoms. The fourth-order valence-corrected chi connectivity index (χ4v) is 3.81. The molecule has 0 aliphatic heterocycles. The number of hydrogen-bond acceptors (Lipinski definition) is 8. The maximum absolute atomic E-state index is 12.0. The van der Waals surface area contributed by atoms with Gasteiger partial charge in [-0.05, 0) is 30.5 Å². The van der Waals surface area contributed by atoms with Crippen LogP contribution < -0.4 is 10.1 Å². The molecule has 1 N–H and O–H groups in total. The average Bonchev–Trinajstić information content (AvgIpc) is 3.16. The predicted molar refractivity (Wildman–Crippen MR) is 105 cm³/mol. The van der Waals surface area contributed by atoms with Gasteiger partial charge in [0.15, 0.2) is 6.61 Å². The number of carbonyl (C=O) groups excluding carboxylic acids is 2. The number of nitrogens with zero attached hydrogens (tertiary/aromatic N) is 2. The number of para-hydroxylation sites is 2. The van der Waals surface area contributed by atoms with Crippen molar-refractivity contribution in [3.8, 4) is 5.75 Å². The quantitative estimate of drug-likeness (QED) is 0.350. The van der Waals surface area contributed by atoms with E-state index >= 15 is 0 Å². The highest BCUT2D eigenvalue weighted by molar-refractivity contribution is 8.00. The molecule has 3 aromatic rings. The molecule has 9 heteroatoms. The summed E-state index contributed by atoms with van der Waals surface area (Å²) in [4.78, 5) is 33.2. The van der Waals surface area contributed by atoms with Crippen LogP contribution >= 0.6 is 23.1 Å². The van der Waals surface area contributed by atoms with Gasteiger partial charge in [0.05, 0.1) is 18.0 Å². The third kappa shape index (κ3) is 5.18. The lowest BCUT2D eigenvalue weighted by molar-refractivity contribution is -0.144. The van der Waals surface area contributed by atoms with Gasteiger partial charge in [0.2, 0.25) is 0 Å². The van der Waals surface area contributed by atoms with Crippen LogP contribution in [0.2, 0.25) is 0 Å². The number of fused-ring (bicyclic) bond motifs is 1. The third-order valence-electron chi connectivity index (χ3n) is 3.38. The zero-order valence-electron chi connectivity index (χ0n) is 14.5. The zero-order chi connectivity index (χ0) is 19.1. The summed E-state index contributed by atoms with van der Waals surface area (Å²) in [7, 11) is 0. The Morgan fingerprint density at radius 1 is 1.22 bits per heavy atom. The highest BCUT2D eigenvalue weighted by Gasteiger charge is 2.12. The van der Waals surface area contributed by atoms with Crippen molar-refractivity contribution in [2.75, 3.05) is 24.3 Å². The summed E-state index contributed by atoms with van der Waals surface area (Å²) in [6, 6.07) is 9.00. The molecule has 1 aromatic carbocycles. The Hall–Kier alpha value is -2.65. The van der Waals surface area contributed by atoms with Crippen molar-refractivity contribution >= 4 is 50.9 Å². The minimum Gasteiger partial charge on any atom is -0.492 e. The monoisotopic (exact) mass is 403 g/mol. The number of aromatic nitrogens is 2. The first kappa shape index (κ1) is 19.1. The van der Waals surface area contributed by atoms with Crippen molar-refractivity contribution in [1.29, 1.82) is 0 Å². The van der Waals surface area contributed by atoms with Crippen molar-refractivity contribution in [3.63, 3.8) is 0 Å². The van der Waals surface area contributed by atoms with E-state index in [1.807, 2.05) is 24.4 Å². The van der Waals surface area contributed by atoms with Crippen LogP contribution in [0, 0.1) is 0 Å². The lowest BCUT2D eigenvalue weighted by Crippen LogP contribution is -2.22. The van der Waals surface area contributed by atoms with E-state index in [1.54, 1.807) is 18.2 Å². The Morgan fingerprint density at radius 2 is 2.07 bits per heavy atom. The van der Waals surface area contributed by atoms with E-state index < -0.39 is 11.9 Å². The Bertz CT molecular complexity index is 945. The predicted octanol–water partition coefficient (Wildman–Crippen LogP) is 3.36. The van der Waals surface area contributed by atoms with Crippen LogP contribution in [0.5, 0.6) is 5.75 Å². The number of thiophene rings is 1. The minimum absolute atomic E-state index is 0.0603. The van der Waals surface area contributed by atoms with Crippen LogP contribution in [0.25, 0.3) is 10.2 Å². The number of anilines is 1. The average molecular weight is 403 g/mol. The molecule has 1 amide bonds. The molecule has 27 heavy (non-hydrogen) atoms. The molecule has 140 valence electrons. The lowest BCUT2D eigenvalue weighted by atomic mass is 10.3. The normalized spacial score (nSPS) is 10.6. The van der Waals surface area contributed by atoms with Crippen molar-refractivity contribution in [2.24, 2.45) is 0 Å². The van der Waals surface area contributed by atoms with Gasteiger partial charge >= 0.3 is 5.97 Å². The number of benzene rings is 1. The summed E-state index contributed by atoms with van der Waals surface area (Å²) in [5, 5.41) is 6.22. The zero-order valence-corrected chi connectivity index (χ0v) is 16.1. The second-order valence-corrected chi connectivity index (χ2v) is 7.10. The second kappa shape index (κ2) is 9.33. The van der Waals surface area contributed by atoms with E-state index in [1.165, 1.54) is 29.4 Å². The SMILES string of the molecule is CCOc1ccccc1NC(=O)COC(=O)CSc1ncnc2sccc12. The van der Waals surface area contributed by atoms with Gasteiger partial charge in [-0.3, -0.25) is 9.59 Å². The van der Waals surface area contributed by atoms with Gasteiger partial charge in [-0.2, -0.15) is 0 Å². The van der Waals surface area contributed by atoms with Crippen LogP contribution in [0.1, 0.15) is 6.92 Å². The first-order valence-corrected chi connectivity index (χ1v) is 10.0. The van der Waals surface area contributed by atoms with E-state index in [2.05, 4.69) is 15.3 Å². The molecule has 0 spiro atoms. The van der Waals surface area contributed by atoms with Gasteiger partial charge in [-0.1, -0.05) is 23.9 Å². The molecule has 0 unspecified atom stereocenters. The third-order valence-corrected chi connectivity index (χ3v) is 5.18. The van der Waals surface area contributed by atoms with Crippen molar-refractivity contribution in [3.05, 3.63) is 42.0 Å². The van der Waals surface area contributed by atoms with Gasteiger partial charge in [0.1, 0.15) is 21.9 Å². The number of esters is 1. The first-order chi connectivity index (χ1) is 13.2. The molecule has 0 radical (unpaired) electrons. The van der Waals surface area contributed by atoms with Crippen molar-refractivity contribution in [1.82, 2.24) is 9.97 Å². The molecule has 7 nitrogen and oxygen atoms in total. The molecular formula is C18H17N3O4S2. The van der Waals surface area contributed by atoms with Gasteiger partial charge < -0.3 is 14.8 Å². The number of nitrogens with one attached hydrogen (secondary N) is 1. The number of hydrogen-bond donors (Lipinski definition) is 1. The molecule has 0 atom stereocenters. The highest BCUT2D eigenvalue weighted by atomic mass is 32.2. The fraction of sp³-hybridized carbons (Fsp3) is 0.222. The summed E-state index contributed by atoms with van der Waals surface area (Å²) in [5.74, 6) is -0.290. The fourth-order valence-electron chi connectivity index (χ4n) is 2.23. The van der Waals surface area contributed by atoms with E-state index in [9.17, 15) is 9.59 Å². The van der Waals surface area contributed by atoms with Gasteiger partial charge in [0, 0.05) is 5.39 Å². The topological polar surface area (TPSA) is 90.4 Å². The first-order valence-electron chi connectivity index (χ1n) is 8.15. The van der Waals surface area contributed by atoms with Crippen LogP contribution in [-0.2, 0) is 14.3 Å². The lowest BCUT2D eigenvalue weighted by Gasteiger charge is -2.11. The maximum Gasteiger partial charge on any atom is 0.316 e. The van der Waals surface area contributed by atoms with E-state index in [0.717, 1.165) is 10.2 Å². The molecule has 0 aliphatic carbocycles. The molecule has 0 fully saturated rings. The van der Waals surface area contributed by atoms with Gasteiger partial charge in [-0.25, -0.2) is 9.97 Å². The number of carbonyl (C=O) groups is 2. The van der Waals surface area contributed by atoms with Crippen LogP contribution in [0.3, 0.4) is 0 Å². The number of rotatable bonds is 8. The Kier molecular flexibility index (Phi) is 6.61. The largest absolute Gasteiger partial charge is 0.492 e. The van der Waals surface area contributed by atoms with Crippen LogP contribution in [-0.4, -0.2) is 40.8 Å². The van der Waals surface area contributed by atoms with Gasteiger partial charge in [0.25, 0.3) is 5.91 Å². The van der Waals surface area contributed by atoms with Crippen LogP contribution in [0.15, 0.2) is 47.1 Å². The van der Waals surface area contributed by atoms with Crippen molar-refractivity contribution < 1.29 is 19.1 Å². The smallest absolute Gasteiger partial charge is 0.316 e. The molecular weight excluding hydrogens is 386 g/mol. The summed E-state index contributed by atoms with van der Waals surface area (Å²) in [5.41, 5.74) is 0.538. The number of amides is 1. The van der Waals surface area contributed by atoms with Crippen LogP contribution in [0.4, 0.5) is 5.69 Å². The van der Waals surface area contributed by atoms with E-state index in [4.69, 9.17) is 9.47 Å². The number of thioether (sulfide) groups is 1. The molecule has 2 heterocycles. The van der Waals surface area contributed by atoms with E-state index in [0.29, 0.717) is 23.1 Å². The number of ether oxygens (including phenoxy) is 2. The maximum atomic E-state index is 12.0. The minimum atomic E-state index is -0.491. The van der Waals surface area contributed by atoms with Crippen molar-refractivity contribution in [2.45, 2.75) is 11.9 Å². The molecule has 0 saturated carbocycles. The molecule has 0 aliphatic rings. The Labute approximate surface area is 164 Å². The molecule has 0 saturated heterocycles. The Morgan fingerprint density at radius 3 is 2.93 bits per heavy atom.